The average Bonchev–Trinajstić information content (AvgIpc) is 3.01. The van der Waals surface area contributed by atoms with Crippen molar-refractivity contribution in [2.45, 2.75) is 5.16 Å². The number of aromatic amines is 2. The topological polar surface area (TPSA) is 96.4 Å². The van der Waals surface area contributed by atoms with Crippen LogP contribution in [-0.2, 0) is 7.05 Å². The molecule has 4 aromatic rings. The van der Waals surface area contributed by atoms with Gasteiger partial charge in [0.25, 0.3) is 11.1 Å². The minimum absolute atomic E-state index is 0.222. The first-order chi connectivity index (χ1) is 11.6. The minimum Gasteiger partial charge on any atom is -0.332 e. The predicted octanol–water partition coefficient (Wildman–Crippen LogP) is 1.89. The Morgan fingerprint density at radius 2 is 1.92 bits per heavy atom. The van der Waals surface area contributed by atoms with Crippen molar-refractivity contribution in [2.75, 3.05) is 6.26 Å². The summed E-state index contributed by atoms with van der Waals surface area (Å²) in [5.41, 5.74) is 1.23. The number of thioether (sulfide) groups is 1. The van der Waals surface area contributed by atoms with Gasteiger partial charge in [0, 0.05) is 12.6 Å². The van der Waals surface area contributed by atoms with E-state index in [2.05, 4.69) is 19.9 Å². The maximum absolute atomic E-state index is 12.4. The molecule has 0 aliphatic rings. The van der Waals surface area contributed by atoms with E-state index in [1.165, 1.54) is 16.3 Å². The predicted molar refractivity (Wildman–Crippen MR) is 94.5 cm³/mol. The number of H-pyrrole nitrogens is 2. The van der Waals surface area contributed by atoms with Crippen LogP contribution in [0.3, 0.4) is 0 Å². The lowest BCUT2D eigenvalue weighted by Gasteiger charge is -2.02. The fourth-order valence-electron chi connectivity index (χ4n) is 2.65. The maximum Gasteiger partial charge on any atom is 0.279 e. The highest BCUT2D eigenvalue weighted by Gasteiger charge is 2.15. The molecular formula is C16H13N5O2S. The van der Waals surface area contributed by atoms with Crippen LogP contribution in [0.5, 0.6) is 0 Å². The van der Waals surface area contributed by atoms with E-state index in [0.29, 0.717) is 22.2 Å². The Labute approximate surface area is 139 Å². The number of para-hydroxylation sites is 1. The summed E-state index contributed by atoms with van der Waals surface area (Å²) >= 11 is 1.36. The smallest absolute Gasteiger partial charge is 0.279 e. The molecule has 7 nitrogen and oxygen atoms in total. The zero-order valence-electron chi connectivity index (χ0n) is 13.0. The van der Waals surface area contributed by atoms with Crippen molar-refractivity contribution < 1.29 is 0 Å². The number of nitrogens with zero attached hydrogens (tertiary/aromatic N) is 3. The lowest BCUT2D eigenvalue weighted by atomic mass is 10.1. The number of hydrogen-bond donors (Lipinski definition) is 2. The number of hydrogen-bond acceptors (Lipinski definition) is 5. The molecule has 8 heteroatoms. The molecule has 0 atom stereocenters. The first-order valence-corrected chi connectivity index (χ1v) is 8.44. The Kier molecular flexibility index (Phi) is 3.27. The van der Waals surface area contributed by atoms with Gasteiger partial charge in [-0.05, 0) is 23.8 Å². The number of pyridine rings is 1. The van der Waals surface area contributed by atoms with Gasteiger partial charge in [-0.3, -0.25) is 14.2 Å². The molecule has 0 aliphatic carbocycles. The van der Waals surface area contributed by atoms with Crippen molar-refractivity contribution in [3.63, 3.8) is 0 Å². The van der Waals surface area contributed by atoms with Gasteiger partial charge in [0.2, 0.25) is 0 Å². The number of aromatic nitrogens is 5. The third-order valence-corrected chi connectivity index (χ3v) is 4.61. The quantitative estimate of drug-likeness (QED) is 0.429. The Bertz CT molecular complexity index is 1200. The Morgan fingerprint density at radius 3 is 2.71 bits per heavy atom. The van der Waals surface area contributed by atoms with Gasteiger partial charge in [0.05, 0.1) is 5.56 Å². The molecule has 0 spiro atoms. The van der Waals surface area contributed by atoms with E-state index < -0.39 is 0 Å². The maximum atomic E-state index is 12.4. The van der Waals surface area contributed by atoms with Crippen molar-refractivity contribution in [2.24, 2.45) is 7.05 Å². The summed E-state index contributed by atoms with van der Waals surface area (Å²) in [4.78, 5) is 39.2. The summed E-state index contributed by atoms with van der Waals surface area (Å²) in [6.45, 7) is 0. The molecule has 0 aliphatic heterocycles. The normalized spacial score (nSPS) is 11.4. The summed E-state index contributed by atoms with van der Waals surface area (Å²) in [6.07, 6.45) is 1.84. The number of benzene rings is 1. The molecule has 0 unspecified atom stereocenters. The molecular weight excluding hydrogens is 326 g/mol. The summed E-state index contributed by atoms with van der Waals surface area (Å²) in [6, 6.07) is 9.25. The summed E-state index contributed by atoms with van der Waals surface area (Å²) in [7, 11) is 1.66. The summed E-state index contributed by atoms with van der Waals surface area (Å²) in [5, 5.41) is 1.45. The molecule has 24 heavy (non-hydrogen) atoms. The molecule has 120 valence electrons. The fraction of sp³-hybridized carbons (Fsp3) is 0.125. The van der Waals surface area contributed by atoms with Gasteiger partial charge in [-0.15, -0.1) is 0 Å². The first-order valence-electron chi connectivity index (χ1n) is 7.21. The van der Waals surface area contributed by atoms with Crippen LogP contribution in [0.2, 0.25) is 0 Å². The van der Waals surface area contributed by atoms with E-state index >= 15 is 0 Å². The minimum atomic E-state index is -0.269. The van der Waals surface area contributed by atoms with Gasteiger partial charge in [-0.25, -0.2) is 9.97 Å². The third-order valence-electron chi connectivity index (χ3n) is 3.88. The monoisotopic (exact) mass is 339 g/mol. The summed E-state index contributed by atoms with van der Waals surface area (Å²) < 4.78 is 1.46. The number of rotatable bonds is 2. The molecule has 1 aromatic carbocycles. The van der Waals surface area contributed by atoms with E-state index in [9.17, 15) is 9.59 Å². The first kappa shape index (κ1) is 14.7. The van der Waals surface area contributed by atoms with Gasteiger partial charge in [0.1, 0.15) is 5.82 Å². The SMILES string of the molecule is CSc1nc2nc(-c3cc4ccccc4[nH]c3=O)[nH]c2c(=O)n1C. The van der Waals surface area contributed by atoms with E-state index in [-0.39, 0.29) is 16.6 Å². The Balaban J connectivity index is 2.00. The summed E-state index contributed by atoms with van der Waals surface area (Å²) in [5.74, 6) is 0.333. The van der Waals surface area contributed by atoms with Crippen LogP contribution in [0.15, 0.2) is 45.1 Å². The molecule has 0 saturated carbocycles. The van der Waals surface area contributed by atoms with Crippen LogP contribution in [0.1, 0.15) is 0 Å². The van der Waals surface area contributed by atoms with Crippen LogP contribution in [0.4, 0.5) is 0 Å². The van der Waals surface area contributed by atoms with Crippen molar-refractivity contribution in [3.05, 3.63) is 51.0 Å². The molecule has 3 aromatic heterocycles. The second-order valence-electron chi connectivity index (χ2n) is 5.35. The molecule has 0 saturated heterocycles. The van der Waals surface area contributed by atoms with Gasteiger partial charge in [-0.2, -0.15) is 0 Å². The Morgan fingerprint density at radius 1 is 1.12 bits per heavy atom. The van der Waals surface area contributed by atoms with Gasteiger partial charge in [-0.1, -0.05) is 30.0 Å². The molecule has 3 heterocycles. The zero-order chi connectivity index (χ0) is 16.8. The van der Waals surface area contributed by atoms with Crippen LogP contribution >= 0.6 is 11.8 Å². The van der Waals surface area contributed by atoms with Crippen LogP contribution in [0.25, 0.3) is 33.5 Å². The van der Waals surface area contributed by atoms with Crippen LogP contribution in [0, 0.1) is 0 Å². The van der Waals surface area contributed by atoms with Crippen LogP contribution < -0.4 is 11.1 Å². The van der Waals surface area contributed by atoms with Gasteiger partial charge >= 0.3 is 0 Å². The van der Waals surface area contributed by atoms with E-state index in [4.69, 9.17) is 0 Å². The highest BCUT2D eigenvalue weighted by atomic mass is 32.2. The van der Waals surface area contributed by atoms with E-state index in [0.717, 1.165) is 10.9 Å². The van der Waals surface area contributed by atoms with Crippen molar-refractivity contribution in [1.29, 1.82) is 0 Å². The van der Waals surface area contributed by atoms with E-state index in [1.54, 1.807) is 13.1 Å². The molecule has 0 radical (unpaired) electrons. The number of fused-ring (bicyclic) bond motifs is 2. The zero-order valence-corrected chi connectivity index (χ0v) is 13.8. The molecule has 0 amide bonds. The highest BCUT2D eigenvalue weighted by Crippen LogP contribution is 2.19. The second-order valence-corrected chi connectivity index (χ2v) is 6.12. The Hall–Kier alpha value is -2.87. The molecule has 0 fully saturated rings. The fourth-order valence-corrected chi connectivity index (χ4v) is 3.18. The lowest BCUT2D eigenvalue weighted by molar-refractivity contribution is 0.724. The molecule has 0 bridgehead atoms. The van der Waals surface area contributed by atoms with Crippen LogP contribution in [-0.4, -0.2) is 30.8 Å². The highest BCUT2D eigenvalue weighted by molar-refractivity contribution is 7.98. The molecule has 2 N–H and O–H groups in total. The van der Waals surface area contributed by atoms with Crippen molar-refractivity contribution in [3.8, 4) is 11.4 Å². The average molecular weight is 339 g/mol. The lowest BCUT2D eigenvalue weighted by Crippen LogP contribution is -2.19. The number of imidazole rings is 1. The van der Waals surface area contributed by atoms with Gasteiger partial charge in [0.15, 0.2) is 16.3 Å². The van der Waals surface area contributed by atoms with Crippen molar-refractivity contribution in [1.82, 2.24) is 24.5 Å². The van der Waals surface area contributed by atoms with Crippen molar-refractivity contribution >= 4 is 33.8 Å². The van der Waals surface area contributed by atoms with Gasteiger partial charge < -0.3 is 9.97 Å². The number of nitrogens with one attached hydrogen (secondary N) is 2. The largest absolute Gasteiger partial charge is 0.332 e. The second kappa shape index (κ2) is 5.34. The standard InChI is InChI=1S/C16H13N5O2S/c1-21-15(23)11-13(20-16(21)24-2)19-12(18-11)9-7-8-5-3-4-6-10(8)17-14(9)22/h3-7H,1-2H3,(H,17,22)(H,18,19). The molecule has 4 rings (SSSR count). The van der Waals surface area contributed by atoms with E-state index in [1.807, 2.05) is 30.5 Å². The third kappa shape index (κ3) is 2.15.